The molecule has 0 saturated carbocycles. The average Bonchev–Trinajstić information content (AvgIpc) is 3.35. The van der Waals surface area contributed by atoms with Gasteiger partial charge in [-0.05, 0) is 56.0 Å². The molecule has 3 heterocycles. The molecule has 4 rings (SSSR count). The third kappa shape index (κ3) is 3.42. The van der Waals surface area contributed by atoms with E-state index in [0.29, 0.717) is 48.4 Å². The summed E-state index contributed by atoms with van der Waals surface area (Å²) in [5.41, 5.74) is 1.70. The number of furan rings is 1. The predicted molar refractivity (Wildman–Crippen MR) is 98.6 cm³/mol. The van der Waals surface area contributed by atoms with Crippen molar-refractivity contribution in [3.8, 4) is 11.7 Å². The Bertz CT molecular complexity index is 1030. The largest absolute Gasteiger partial charge is 0.459 e. The maximum atomic E-state index is 13.0. The molecular formula is C19H21N3O4S. The molecule has 1 fully saturated rings. The second-order valence-corrected chi connectivity index (χ2v) is 8.78. The van der Waals surface area contributed by atoms with Crippen LogP contribution in [-0.2, 0) is 10.0 Å². The molecule has 0 N–H and O–H groups in total. The van der Waals surface area contributed by atoms with E-state index in [2.05, 4.69) is 10.2 Å². The van der Waals surface area contributed by atoms with Gasteiger partial charge in [0.1, 0.15) is 0 Å². The van der Waals surface area contributed by atoms with E-state index >= 15 is 0 Å². The zero-order valence-corrected chi connectivity index (χ0v) is 16.1. The Labute approximate surface area is 158 Å². The van der Waals surface area contributed by atoms with Crippen molar-refractivity contribution in [2.24, 2.45) is 0 Å². The van der Waals surface area contributed by atoms with E-state index in [1.54, 1.807) is 28.8 Å². The van der Waals surface area contributed by atoms with Crippen LogP contribution < -0.4 is 0 Å². The third-order valence-electron chi connectivity index (χ3n) is 4.94. The number of aromatic nitrogens is 2. The molecule has 8 heteroatoms. The van der Waals surface area contributed by atoms with Gasteiger partial charge in [-0.1, -0.05) is 12.1 Å². The Hall–Kier alpha value is -2.45. The molecule has 0 bridgehead atoms. The van der Waals surface area contributed by atoms with Gasteiger partial charge >= 0.3 is 0 Å². The lowest BCUT2D eigenvalue weighted by Crippen LogP contribution is -2.38. The number of sulfonamides is 1. The lowest BCUT2D eigenvalue weighted by Gasteiger charge is -2.30. The van der Waals surface area contributed by atoms with Crippen LogP contribution in [0.3, 0.4) is 0 Å². The second-order valence-electron chi connectivity index (χ2n) is 6.87. The fourth-order valence-corrected chi connectivity index (χ4v) is 5.15. The molecule has 0 unspecified atom stereocenters. The zero-order valence-electron chi connectivity index (χ0n) is 15.3. The minimum absolute atomic E-state index is 0.0475. The van der Waals surface area contributed by atoms with Crippen molar-refractivity contribution in [2.75, 3.05) is 13.1 Å². The van der Waals surface area contributed by atoms with Crippen molar-refractivity contribution in [2.45, 2.75) is 37.5 Å². The van der Waals surface area contributed by atoms with Gasteiger partial charge in [0.05, 0.1) is 11.2 Å². The summed E-state index contributed by atoms with van der Waals surface area (Å²) in [6.45, 7) is 4.59. The first-order valence-corrected chi connectivity index (χ1v) is 10.3. The van der Waals surface area contributed by atoms with Gasteiger partial charge in [0.2, 0.25) is 15.9 Å². The van der Waals surface area contributed by atoms with Crippen LogP contribution in [0.4, 0.5) is 0 Å². The van der Waals surface area contributed by atoms with Crippen molar-refractivity contribution < 1.29 is 17.3 Å². The smallest absolute Gasteiger partial charge is 0.283 e. The quantitative estimate of drug-likeness (QED) is 0.680. The molecule has 0 aliphatic carbocycles. The van der Waals surface area contributed by atoms with Crippen LogP contribution in [0.5, 0.6) is 0 Å². The topological polar surface area (TPSA) is 89.4 Å². The standard InChI is InChI=1S/C19H21N3O4S/c1-13-5-6-14(2)17(12-13)27(23,24)22-9-7-15(8-10-22)18-20-21-19(26-18)16-4-3-11-25-16/h3-6,11-12,15H,7-10H2,1-2H3. The van der Waals surface area contributed by atoms with Gasteiger partial charge in [-0.3, -0.25) is 0 Å². The summed E-state index contributed by atoms with van der Waals surface area (Å²) in [6, 6.07) is 9.03. The van der Waals surface area contributed by atoms with E-state index < -0.39 is 10.0 Å². The molecule has 2 aromatic heterocycles. The van der Waals surface area contributed by atoms with Crippen molar-refractivity contribution in [3.05, 3.63) is 53.6 Å². The molecule has 142 valence electrons. The number of hydrogen-bond donors (Lipinski definition) is 0. The van der Waals surface area contributed by atoms with E-state index in [0.717, 1.165) is 11.1 Å². The minimum atomic E-state index is -3.50. The van der Waals surface area contributed by atoms with Crippen LogP contribution in [0.2, 0.25) is 0 Å². The number of aryl methyl sites for hydroxylation is 2. The summed E-state index contributed by atoms with van der Waals surface area (Å²) in [5.74, 6) is 1.46. The van der Waals surface area contributed by atoms with E-state index in [4.69, 9.17) is 8.83 Å². The lowest BCUT2D eigenvalue weighted by molar-refractivity contribution is 0.290. The number of piperidine rings is 1. The van der Waals surface area contributed by atoms with Gasteiger partial charge in [0.15, 0.2) is 5.76 Å². The summed E-state index contributed by atoms with van der Waals surface area (Å²) >= 11 is 0. The van der Waals surface area contributed by atoms with E-state index in [1.807, 2.05) is 26.0 Å². The monoisotopic (exact) mass is 387 g/mol. The van der Waals surface area contributed by atoms with Gasteiger partial charge in [-0.2, -0.15) is 4.31 Å². The molecule has 1 aromatic carbocycles. The Morgan fingerprint density at radius 2 is 1.89 bits per heavy atom. The third-order valence-corrected chi connectivity index (χ3v) is 6.98. The minimum Gasteiger partial charge on any atom is -0.459 e. The highest BCUT2D eigenvalue weighted by Gasteiger charge is 2.33. The zero-order chi connectivity index (χ0) is 19.0. The first-order chi connectivity index (χ1) is 12.9. The van der Waals surface area contributed by atoms with Crippen LogP contribution >= 0.6 is 0 Å². The summed E-state index contributed by atoms with van der Waals surface area (Å²) in [5, 5.41) is 8.15. The summed E-state index contributed by atoms with van der Waals surface area (Å²) in [4.78, 5) is 0.388. The number of hydrogen-bond acceptors (Lipinski definition) is 6. The molecule has 0 atom stereocenters. The normalized spacial score (nSPS) is 16.7. The molecule has 27 heavy (non-hydrogen) atoms. The number of benzene rings is 1. The van der Waals surface area contributed by atoms with E-state index in [9.17, 15) is 8.42 Å². The number of nitrogens with zero attached hydrogens (tertiary/aromatic N) is 3. The van der Waals surface area contributed by atoms with E-state index in [1.165, 1.54) is 0 Å². The Kier molecular flexibility index (Phi) is 4.61. The van der Waals surface area contributed by atoms with Crippen LogP contribution in [0.1, 0.15) is 35.8 Å². The van der Waals surface area contributed by atoms with Crippen LogP contribution in [0.15, 0.2) is 50.3 Å². The summed E-state index contributed by atoms with van der Waals surface area (Å²) in [6.07, 6.45) is 2.84. The molecule has 1 saturated heterocycles. The van der Waals surface area contributed by atoms with Crippen LogP contribution in [-0.4, -0.2) is 36.0 Å². The van der Waals surface area contributed by atoms with Crippen LogP contribution in [0, 0.1) is 13.8 Å². The molecule has 0 radical (unpaired) electrons. The van der Waals surface area contributed by atoms with Gasteiger partial charge in [0.25, 0.3) is 5.89 Å². The molecule has 3 aromatic rings. The SMILES string of the molecule is Cc1ccc(C)c(S(=O)(=O)N2CCC(c3nnc(-c4ccco4)o3)CC2)c1. The fraction of sp³-hybridized carbons (Fsp3) is 0.368. The van der Waals surface area contributed by atoms with E-state index in [-0.39, 0.29) is 5.92 Å². The first kappa shape index (κ1) is 17.9. The molecule has 1 aliphatic heterocycles. The highest BCUT2D eigenvalue weighted by atomic mass is 32.2. The summed E-state index contributed by atoms with van der Waals surface area (Å²) < 4.78 is 38.6. The maximum Gasteiger partial charge on any atom is 0.283 e. The molecule has 0 amide bonds. The Balaban J connectivity index is 1.48. The van der Waals surface area contributed by atoms with Gasteiger partial charge in [0, 0.05) is 19.0 Å². The first-order valence-electron chi connectivity index (χ1n) is 8.90. The highest BCUT2D eigenvalue weighted by molar-refractivity contribution is 7.89. The maximum absolute atomic E-state index is 13.0. The molecule has 1 aliphatic rings. The van der Waals surface area contributed by atoms with Crippen molar-refractivity contribution in [1.82, 2.24) is 14.5 Å². The summed E-state index contributed by atoms with van der Waals surface area (Å²) in [7, 11) is -3.50. The van der Waals surface area contributed by atoms with Crippen LogP contribution in [0.25, 0.3) is 11.7 Å². The average molecular weight is 387 g/mol. The number of rotatable bonds is 4. The second kappa shape index (κ2) is 6.94. The van der Waals surface area contributed by atoms with Gasteiger partial charge in [-0.25, -0.2) is 8.42 Å². The Morgan fingerprint density at radius 3 is 2.59 bits per heavy atom. The van der Waals surface area contributed by atoms with Crippen molar-refractivity contribution in [1.29, 1.82) is 0 Å². The lowest BCUT2D eigenvalue weighted by atomic mass is 9.98. The molecular weight excluding hydrogens is 366 g/mol. The van der Waals surface area contributed by atoms with Gasteiger partial charge in [-0.15, -0.1) is 10.2 Å². The van der Waals surface area contributed by atoms with Crippen molar-refractivity contribution >= 4 is 10.0 Å². The fourth-order valence-electron chi connectivity index (χ4n) is 3.37. The molecule has 0 spiro atoms. The van der Waals surface area contributed by atoms with Gasteiger partial charge < -0.3 is 8.83 Å². The highest BCUT2D eigenvalue weighted by Crippen LogP contribution is 2.32. The molecule has 7 nitrogen and oxygen atoms in total. The van der Waals surface area contributed by atoms with Crippen molar-refractivity contribution in [3.63, 3.8) is 0 Å². The Morgan fingerprint density at radius 1 is 1.11 bits per heavy atom. The predicted octanol–water partition coefficient (Wildman–Crippen LogP) is 3.51.